The number of hydrogen-bond acceptors (Lipinski definition) is 7. The quantitative estimate of drug-likeness (QED) is 0.0925. The average molecular weight is 762 g/mol. The number of anilines is 1. The van der Waals surface area contributed by atoms with Crippen molar-refractivity contribution in [2.45, 2.75) is 51.9 Å². The molecule has 274 valence electrons. The number of fused-ring (bicyclic) bond motifs is 8. The van der Waals surface area contributed by atoms with Gasteiger partial charge < -0.3 is 8.83 Å². The Morgan fingerprint density at radius 1 is 0.815 bits per heavy atom. The summed E-state index contributed by atoms with van der Waals surface area (Å²) in [6.07, 6.45) is 4.18. The maximum atomic E-state index is 13.0. The summed E-state index contributed by atoms with van der Waals surface area (Å²) in [5.41, 5.74) is 10.3. The van der Waals surface area contributed by atoms with Gasteiger partial charge >= 0.3 is 20.2 Å². The third kappa shape index (κ3) is 5.50. The fraction of sp³-hybridized carbons (Fsp3) is 0.214. The van der Waals surface area contributed by atoms with Crippen LogP contribution in [0.5, 0.6) is 0 Å². The molecule has 0 atom stereocenters. The molecular formula is C42H37N2O8S2+. The molecule has 0 saturated carbocycles. The smallest absolute Gasteiger partial charge is 0.326 e. The standard InChI is InChI=1S/C42H36N2O8S2/c1-7-13-40(54(48,49)50)44-33-23-37-29(27-15-10-12-17-35(27)52-37)21-31(33)42(5,6)39(44)19-25(8-2)18-38-41(3,4)30-20-28-26-14-9-11-16-34(26)51-36(28)22-32(30)43(38)24-53(45,46)47/h9-12,14-23H,1,8,24H2,2-6H3,(H-,45,46,47,48,49,50)/p+1. The Morgan fingerprint density at radius 3 is 1.94 bits per heavy atom. The zero-order valence-corrected chi connectivity index (χ0v) is 31.9. The number of rotatable bonds is 7. The molecule has 8 rings (SSSR count). The summed E-state index contributed by atoms with van der Waals surface area (Å²) >= 11 is 0. The van der Waals surface area contributed by atoms with E-state index in [0.29, 0.717) is 57.1 Å². The van der Waals surface area contributed by atoms with Gasteiger partial charge in [0.2, 0.25) is 10.7 Å². The van der Waals surface area contributed by atoms with Crippen LogP contribution in [-0.4, -0.2) is 42.1 Å². The number of benzene rings is 4. The Morgan fingerprint density at radius 2 is 1.39 bits per heavy atom. The molecule has 0 bridgehead atoms. The summed E-state index contributed by atoms with van der Waals surface area (Å²) in [6, 6.07) is 22.9. The third-order valence-electron chi connectivity index (χ3n) is 10.7. The van der Waals surface area contributed by atoms with E-state index < -0.39 is 42.0 Å². The molecule has 6 aromatic rings. The van der Waals surface area contributed by atoms with Crippen molar-refractivity contribution in [2.24, 2.45) is 0 Å². The molecule has 0 radical (unpaired) electrons. The van der Waals surface area contributed by atoms with Gasteiger partial charge in [-0.15, -0.1) is 0 Å². The SMILES string of the molecule is C=C=C=C(N1C(=CC(=CC2=[N+](CS(=O)(=O)O)c3cc4oc5ccccc5c4cc3C2(C)C)CC)C(C)(C)c2cc3c(cc21)oc1ccccc13)S(=O)(=O)O. The highest BCUT2D eigenvalue weighted by atomic mass is 32.2. The highest BCUT2D eigenvalue weighted by Gasteiger charge is 2.48. The fourth-order valence-corrected chi connectivity index (χ4v) is 9.25. The van der Waals surface area contributed by atoms with E-state index in [2.05, 4.69) is 18.0 Å². The van der Waals surface area contributed by atoms with Crippen molar-refractivity contribution in [1.82, 2.24) is 0 Å². The van der Waals surface area contributed by atoms with Crippen molar-refractivity contribution < 1.29 is 39.4 Å². The molecule has 4 aromatic carbocycles. The van der Waals surface area contributed by atoms with E-state index in [1.54, 1.807) is 10.6 Å². The van der Waals surface area contributed by atoms with Crippen LogP contribution in [0.25, 0.3) is 43.9 Å². The van der Waals surface area contributed by atoms with Crippen LogP contribution in [0, 0.1) is 0 Å². The second-order valence-corrected chi connectivity index (χ2v) is 17.5. The lowest BCUT2D eigenvalue weighted by Gasteiger charge is -2.27. The molecule has 0 unspecified atom stereocenters. The number of nitrogens with zero attached hydrogens (tertiary/aromatic N) is 2. The van der Waals surface area contributed by atoms with Gasteiger partial charge in [-0.25, -0.2) is 0 Å². The number of para-hydroxylation sites is 2. The fourth-order valence-electron chi connectivity index (χ4n) is 8.02. The molecule has 2 N–H and O–H groups in total. The molecule has 0 fully saturated rings. The number of hydrogen-bond donors (Lipinski definition) is 2. The molecule has 2 aliphatic heterocycles. The van der Waals surface area contributed by atoms with Gasteiger partial charge in [-0.3, -0.25) is 14.0 Å². The summed E-state index contributed by atoms with van der Waals surface area (Å²) in [5, 5.41) is 2.99. The maximum absolute atomic E-state index is 13.0. The van der Waals surface area contributed by atoms with E-state index in [4.69, 9.17) is 8.83 Å². The van der Waals surface area contributed by atoms with Crippen molar-refractivity contribution in [2.75, 3.05) is 10.8 Å². The second kappa shape index (κ2) is 12.0. The van der Waals surface area contributed by atoms with Crippen LogP contribution in [0.2, 0.25) is 0 Å². The van der Waals surface area contributed by atoms with E-state index in [1.807, 2.05) is 114 Å². The summed E-state index contributed by atoms with van der Waals surface area (Å²) in [6.45, 7) is 13.4. The van der Waals surface area contributed by atoms with Gasteiger partial charge in [0.25, 0.3) is 5.88 Å². The highest BCUT2D eigenvalue weighted by molar-refractivity contribution is 7.90. The van der Waals surface area contributed by atoms with Crippen LogP contribution < -0.4 is 4.90 Å². The van der Waals surface area contributed by atoms with Crippen molar-refractivity contribution >= 4 is 81.2 Å². The largest absolute Gasteiger partial charge is 0.456 e. The molecule has 0 amide bonds. The predicted molar refractivity (Wildman–Crippen MR) is 211 cm³/mol. The van der Waals surface area contributed by atoms with Crippen molar-refractivity contribution in [3.05, 3.63) is 130 Å². The predicted octanol–water partition coefficient (Wildman–Crippen LogP) is 9.39. The molecule has 2 aliphatic rings. The Bertz CT molecular complexity index is 3050. The van der Waals surface area contributed by atoms with E-state index in [9.17, 15) is 25.9 Å². The second-order valence-electron chi connectivity index (χ2n) is 14.7. The van der Waals surface area contributed by atoms with Gasteiger partial charge in [-0.1, -0.05) is 62.9 Å². The normalized spacial score (nSPS) is 17.5. The third-order valence-corrected chi connectivity index (χ3v) is 12.0. The molecule has 0 aliphatic carbocycles. The Balaban J connectivity index is 1.37. The van der Waals surface area contributed by atoms with E-state index >= 15 is 0 Å². The Labute approximate surface area is 312 Å². The van der Waals surface area contributed by atoms with Crippen LogP contribution in [0.1, 0.15) is 52.2 Å². The first-order valence-electron chi connectivity index (χ1n) is 17.3. The Hall–Kier alpha value is -5.45. The van der Waals surface area contributed by atoms with Crippen LogP contribution in [0.4, 0.5) is 11.4 Å². The van der Waals surface area contributed by atoms with E-state index in [-0.39, 0.29) is 0 Å². The minimum atomic E-state index is -4.87. The summed E-state index contributed by atoms with van der Waals surface area (Å²) in [7, 11) is -9.38. The van der Waals surface area contributed by atoms with Gasteiger partial charge in [0.15, 0.2) is 5.71 Å². The zero-order valence-electron chi connectivity index (χ0n) is 30.3. The molecule has 4 heterocycles. The van der Waals surface area contributed by atoms with Gasteiger partial charge in [0.05, 0.1) is 17.2 Å². The molecular weight excluding hydrogens is 725 g/mol. The maximum Gasteiger partial charge on any atom is 0.326 e. The van der Waals surface area contributed by atoms with Gasteiger partial charge in [0, 0.05) is 50.4 Å². The van der Waals surface area contributed by atoms with Crippen LogP contribution in [0.3, 0.4) is 0 Å². The molecule has 2 aromatic heterocycles. The van der Waals surface area contributed by atoms with Crippen molar-refractivity contribution in [3.63, 3.8) is 0 Å². The minimum Gasteiger partial charge on any atom is -0.456 e. The molecule has 0 saturated heterocycles. The molecule has 10 nitrogen and oxygen atoms in total. The lowest BCUT2D eigenvalue weighted by atomic mass is 9.79. The average Bonchev–Trinajstić information content (AvgIpc) is 3.77. The van der Waals surface area contributed by atoms with Gasteiger partial charge in [-0.2, -0.15) is 21.4 Å². The van der Waals surface area contributed by atoms with Crippen molar-refractivity contribution in [1.29, 1.82) is 0 Å². The van der Waals surface area contributed by atoms with Gasteiger partial charge in [-0.05, 0) is 74.1 Å². The lowest BCUT2D eigenvalue weighted by molar-refractivity contribution is -0.415. The van der Waals surface area contributed by atoms with Crippen LogP contribution in [-0.2, 0) is 31.1 Å². The van der Waals surface area contributed by atoms with Gasteiger partial charge in [0.1, 0.15) is 22.3 Å². The van der Waals surface area contributed by atoms with Crippen LogP contribution >= 0.6 is 0 Å². The minimum absolute atomic E-state index is 0.446. The highest BCUT2D eigenvalue weighted by Crippen LogP contribution is 2.53. The Kier molecular flexibility index (Phi) is 7.92. The first-order chi connectivity index (χ1) is 25.4. The summed E-state index contributed by atoms with van der Waals surface area (Å²) in [4.78, 5) is 1.44. The summed E-state index contributed by atoms with van der Waals surface area (Å²) in [5.74, 6) is -0.704. The zero-order chi connectivity index (χ0) is 38.5. The number of allylic oxidation sites excluding steroid dienone is 4. The summed E-state index contributed by atoms with van der Waals surface area (Å²) < 4.78 is 85.9. The lowest BCUT2D eigenvalue weighted by Crippen LogP contribution is -2.30. The van der Waals surface area contributed by atoms with E-state index in [1.165, 1.54) is 4.90 Å². The first kappa shape index (κ1) is 35.6. The topological polar surface area (TPSA) is 141 Å². The van der Waals surface area contributed by atoms with E-state index in [0.717, 1.165) is 32.7 Å². The monoisotopic (exact) mass is 761 g/mol. The molecule has 0 spiro atoms. The molecule has 12 heteroatoms. The van der Waals surface area contributed by atoms with Crippen LogP contribution in [0.15, 0.2) is 128 Å². The van der Waals surface area contributed by atoms with Crippen molar-refractivity contribution in [3.8, 4) is 0 Å². The number of furan rings is 2. The molecule has 54 heavy (non-hydrogen) atoms. The first-order valence-corrected chi connectivity index (χ1v) is 20.4.